The zero-order valence-electron chi connectivity index (χ0n) is 13.7. The number of rotatable bonds is 7. The van der Waals surface area contributed by atoms with Crippen molar-refractivity contribution in [1.82, 2.24) is 10.2 Å². The van der Waals surface area contributed by atoms with Gasteiger partial charge >= 0.3 is 5.97 Å². The average molecular weight is 310 g/mol. The molecule has 0 aromatic rings. The molecule has 1 amide bonds. The van der Waals surface area contributed by atoms with E-state index in [-0.39, 0.29) is 17.7 Å². The number of hydrogen-bond acceptors (Lipinski definition) is 3. The van der Waals surface area contributed by atoms with Crippen molar-refractivity contribution in [3.05, 3.63) is 0 Å². The van der Waals surface area contributed by atoms with Crippen LogP contribution in [-0.4, -0.2) is 48.1 Å². The van der Waals surface area contributed by atoms with E-state index in [1.165, 1.54) is 38.5 Å². The minimum atomic E-state index is -0.747. The molecule has 0 aromatic heterocycles. The molecule has 22 heavy (non-hydrogen) atoms. The van der Waals surface area contributed by atoms with Crippen LogP contribution in [0.15, 0.2) is 0 Å². The van der Waals surface area contributed by atoms with Crippen LogP contribution < -0.4 is 5.32 Å². The van der Waals surface area contributed by atoms with Crippen LogP contribution in [0.4, 0.5) is 0 Å². The number of hydrogen-bond donors (Lipinski definition) is 2. The molecule has 5 nitrogen and oxygen atoms in total. The molecule has 2 atom stereocenters. The van der Waals surface area contributed by atoms with Gasteiger partial charge in [0.1, 0.15) is 0 Å². The van der Waals surface area contributed by atoms with Gasteiger partial charge in [-0.15, -0.1) is 0 Å². The minimum absolute atomic E-state index is 0.0295. The first kappa shape index (κ1) is 17.3. The molecule has 1 aliphatic carbocycles. The molecule has 1 saturated heterocycles. The normalized spacial score (nSPS) is 27.0. The van der Waals surface area contributed by atoms with E-state index in [0.29, 0.717) is 19.6 Å². The van der Waals surface area contributed by atoms with E-state index in [9.17, 15) is 9.59 Å². The summed E-state index contributed by atoms with van der Waals surface area (Å²) in [5.74, 6) is -0.0677. The Balaban J connectivity index is 1.57. The lowest BCUT2D eigenvalue weighted by Crippen LogP contribution is -2.37. The molecule has 0 aromatic carbocycles. The number of carboxylic acid groups (broad SMARTS) is 1. The zero-order valence-corrected chi connectivity index (χ0v) is 13.7. The summed E-state index contributed by atoms with van der Waals surface area (Å²) in [4.78, 5) is 25.0. The molecule has 1 saturated carbocycles. The van der Waals surface area contributed by atoms with Crippen molar-refractivity contribution in [2.45, 2.75) is 51.9 Å². The van der Waals surface area contributed by atoms with Gasteiger partial charge in [0.25, 0.3) is 0 Å². The molecule has 2 rings (SSSR count). The van der Waals surface area contributed by atoms with Crippen molar-refractivity contribution < 1.29 is 14.7 Å². The third kappa shape index (κ3) is 5.27. The Kier molecular flexibility index (Phi) is 6.68. The van der Waals surface area contributed by atoms with Gasteiger partial charge in [0.05, 0.1) is 12.5 Å². The van der Waals surface area contributed by atoms with E-state index < -0.39 is 5.97 Å². The Hall–Kier alpha value is -1.10. The fourth-order valence-corrected chi connectivity index (χ4v) is 3.87. The molecule has 126 valence electrons. The van der Waals surface area contributed by atoms with Gasteiger partial charge < -0.3 is 10.4 Å². The van der Waals surface area contributed by atoms with Crippen LogP contribution >= 0.6 is 0 Å². The summed E-state index contributed by atoms with van der Waals surface area (Å²) < 4.78 is 0. The lowest BCUT2D eigenvalue weighted by Gasteiger charge is -2.21. The highest BCUT2D eigenvalue weighted by atomic mass is 16.4. The number of carbonyl (C=O) groups is 2. The molecule has 2 fully saturated rings. The number of nitrogens with one attached hydrogen (secondary N) is 1. The predicted molar refractivity (Wildman–Crippen MR) is 85.5 cm³/mol. The SMILES string of the molecule is C[C@@H]1CN(CC(=O)NCCCC2CCCCC2)C[C@H]1C(=O)O. The Labute approximate surface area is 133 Å². The van der Waals surface area contributed by atoms with Gasteiger partial charge in [-0.2, -0.15) is 0 Å². The molecule has 0 unspecified atom stereocenters. The highest BCUT2D eigenvalue weighted by Gasteiger charge is 2.35. The molecule has 1 aliphatic heterocycles. The van der Waals surface area contributed by atoms with Gasteiger partial charge in [-0.05, 0) is 24.7 Å². The maximum atomic E-state index is 11.9. The minimum Gasteiger partial charge on any atom is -0.481 e. The molecule has 5 heteroatoms. The van der Waals surface area contributed by atoms with Crippen LogP contribution in [0, 0.1) is 17.8 Å². The van der Waals surface area contributed by atoms with Crippen molar-refractivity contribution in [3.8, 4) is 0 Å². The summed E-state index contributed by atoms with van der Waals surface area (Å²) in [5, 5.41) is 12.1. The first-order valence-corrected chi connectivity index (χ1v) is 8.78. The first-order valence-electron chi connectivity index (χ1n) is 8.78. The molecule has 0 bridgehead atoms. The second-order valence-electron chi connectivity index (χ2n) is 7.11. The van der Waals surface area contributed by atoms with Gasteiger partial charge in [0.15, 0.2) is 0 Å². The summed E-state index contributed by atoms with van der Waals surface area (Å²) in [7, 11) is 0. The molecule has 0 spiro atoms. The van der Waals surface area contributed by atoms with Gasteiger partial charge in [-0.3, -0.25) is 14.5 Å². The molecular formula is C17H30N2O3. The lowest BCUT2D eigenvalue weighted by molar-refractivity contribution is -0.142. The number of nitrogens with zero attached hydrogens (tertiary/aromatic N) is 1. The summed E-state index contributed by atoms with van der Waals surface area (Å²) in [6, 6.07) is 0. The fraction of sp³-hybridized carbons (Fsp3) is 0.882. The average Bonchev–Trinajstić information content (AvgIpc) is 2.85. The smallest absolute Gasteiger partial charge is 0.308 e. The maximum Gasteiger partial charge on any atom is 0.308 e. The number of amides is 1. The number of aliphatic carboxylic acids is 1. The lowest BCUT2D eigenvalue weighted by atomic mass is 9.86. The molecule has 2 N–H and O–H groups in total. The van der Waals surface area contributed by atoms with Crippen molar-refractivity contribution in [3.63, 3.8) is 0 Å². The number of carboxylic acids is 1. The highest BCUT2D eigenvalue weighted by Crippen LogP contribution is 2.27. The quantitative estimate of drug-likeness (QED) is 0.707. The van der Waals surface area contributed by atoms with Crippen LogP contribution in [0.25, 0.3) is 0 Å². The summed E-state index contributed by atoms with van der Waals surface area (Å²) in [6.07, 6.45) is 9.13. The van der Waals surface area contributed by atoms with Gasteiger partial charge in [0, 0.05) is 19.6 Å². The summed E-state index contributed by atoms with van der Waals surface area (Å²) >= 11 is 0. The van der Waals surface area contributed by atoms with Gasteiger partial charge in [-0.1, -0.05) is 39.0 Å². The van der Waals surface area contributed by atoms with E-state index in [1.54, 1.807) is 0 Å². The third-order valence-electron chi connectivity index (χ3n) is 5.21. The molecular weight excluding hydrogens is 280 g/mol. The van der Waals surface area contributed by atoms with Gasteiger partial charge in [0.2, 0.25) is 5.91 Å². The molecule has 0 radical (unpaired) electrons. The molecule has 1 heterocycles. The van der Waals surface area contributed by atoms with Crippen LogP contribution in [0.2, 0.25) is 0 Å². The topological polar surface area (TPSA) is 69.6 Å². The Bertz CT molecular complexity index is 380. The van der Waals surface area contributed by atoms with E-state index >= 15 is 0 Å². The first-order chi connectivity index (χ1) is 10.6. The highest BCUT2D eigenvalue weighted by molar-refractivity contribution is 5.78. The predicted octanol–water partition coefficient (Wildman–Crippen LogP) is 2.12. The third-order valence-corrected chi connectivity index (χ3v) is 5.21. The Morgan fingerprint density at radius 2 is 1.91 bits per heavy atom. The number of carbonyl (C=O) groups excluding carboxylic acids is 1. The Morgan fingerprint density at radius 3 is 2.55 bits per heavy atom. The van der Waals surface area contributed by atoms with E-state index in [2.05, 4.69) is 5.32 Å². The van der Waals surface area contributed by atoms with Crippen LogP contribution in [-0.2, 0) is 9.59 Å². The summed E-state index contributed by atoms with van der Waals surface area (Å²) in [6.45, 7) is 4.22. The standard InChI is InChI=1S/C17H30N2O3/c1-13-10-19(11-15(13)17(21)22)12-16(20)18-9-5-8-14-6-3-2-4-7-14/h13-15H,2-12H2,1H3,(H,18,20)(H,21,22)/t13-,15-/m1/s1. The van der Waals surface area contributed by atoms with E-state index in [4.69, 9.17) is 5.11 Å². The van der Waals surface area contributed by atoms with Gasteiger partial charge in [-0.25, -0.2) is 0 Å². The van der Waals surface area contributed by atoms with E-state index in [0.717, 1.165) is 18.9 Å². The second-order valence-corrected chi connectivity index (χ2v) is 7.11. The zero-order chi connectivity index (χ0) is 15.9. The summed E-state index contributed by atoms with van der Waals surface area (Å²) in [5.41, 5.74) is 0. The van der Waals surface area contributed by atoms with Crippen molar-refractivity contribution in [1.29, 1.82) is 0 Å². The van der Waals surface area contributed by atoms with Crippen LogP contribution in [0.5, 0.6) is 0 Å². The van der Waals surface area contributed by atoms with Crippen LogP contribution in [0.1, 0.15) is 51.9 Å². The Morgan fingerprint density at radius 1 is 1.18 bits per heavy atom. The van der Waals surface area contributed by atoms with Crippen molar-refractivity contribution in [2.24, 2.45) is 17.8 Å². The largest absolute Gasteiger partial charge is 0.481 e. The maximum absolute atomic E-state index is 11.9. The molecule has 2 aliphatic rings. The monoisotopic (exact) mass is 310 g/mol. The second kappa shape index (κ2) is 8.51. The van der Waals surface area contributed by atoms with Crippen molar-refractivity contribution >= 4 is 11.9 Å². The van der Waals surface area contributed by atoms with E-state index in [1.807, 2.05) is 11.8 Å². The fourth-order valence-electron chi connectivity index (χ4n) is 3.87. The van der Waals surface area contributed by atoms with Crippen molar-refractivity contribution in [2.75, 3.05) is 26.2 Å². The van der Waals surface area contributed by atoms with Crippen LogP contribution in [0.3, 0.4) is 0 Å². The number of likely N-dealkylation sites (tertiary alicyclic amines) is 1.